The lowest BCUT2D eigenvalue weighted by Gasteiger charge is -2.53. The van der Waals surface area contributed by atoms with Gasteiger partial charge in [0.25, 0.3) is 0 Å². The molecule has 0 aromatic heterocycles. The Kier molecular flexibility index (Phi) is 3.54. The van der Waals surface area contributed by atoms with Crippen LogP contribution in [0.25, 0.3) is 0 Å². The number of rotatable bonds is 3. The molecule has 5 rings (SSSR count). The zero-order valence-electron chi connectivity index (χ0n) is 12.0. The summed E-state index contributed by atoms with van der Waals surface area (Å²) in [7, 11) is 0. The van der Waals surface area contributed by atoms with Gasteiger partial charge < -0.3 is 0 Å². The van der Waals surface area contributed by atoms with Crippen LogP contribution < -0.4 is 0 Å². The average Bonchev–Trinajstić information content (AvgIpc) is 2.41. The molecule has 4 bridgehead atoms. The Bertz CT molecular complexity index is 553. The Hall–Kier alpha value is -0.530. The standard InChI is InChI=1S/C18H20Cl2O/c19-15-1-2-16(20)12(8-15)9-17(21)18-13-4-10-3-11(6-13)7-14(18)5-10/h1-2,8,10-11,13-14,18H,3-7,9H2. The summed E-state index contributed by atoms with van der Waals surface area (Å²) in [6.45, 7) is 0. The highest BCUT2D eigenvalue weighted by Gasteiger charge is 2.50. The third-order valence-corrected chi connectivity index (χ3v) is 6.57. The molecule has 4 fully saturated rings. The van der Waals surface area contributed by atoms with Crippen molar-refractivity contribution in [2.75, 3.05) is 0 Å². The Morgan fingerprint density at radius 3 is 2.24 bits per heavy atom. The normalized spacial score (nSPS) is 37.0. The largest absolute Gasteiger partial charge is 0.299 e. The van der Waals surface area contributed by atoms with E-state index in [2.05, 4.69) is 0 Å². The van der Waals surface area contributed by atoms with E-state index in [1.807, 2.05) is 6.07 Å². The molecular formula is C18H20Cl2O. The molecule has 1 aromatic carbocycles. The molecule has 0 spiro atoms. The maximum Gasteiger partial charge on any atom is 0.140 e. The number of carbonyl (C=O) groups excluding carboxylic acids is 1. The molecule has 1 nitrogen and oxygen atoms in total. The maximum atomic E-state index is 12.9. The summed E-state index contributed by atoms with van der Waals surface area (Å²) in [5.41, 5.74) is 0.892. The van der Waals surface area contributed by atoms with Crippen molar-refractivity contribution in [1.29, 1.82) is 0 Å². The monoisotopic (exact) mass is 322 g/mol. The van der Waals surface area contributed by atoms with Gasteiger partial charge in [-0.1, -0.05) is 23.2 Å². The highest BCUT2D eigenvalue weighted by Crippen LogP contribution is 2.56. The van der Waals surface area contributed by atoms with Crippen LogP contribution in [0.5, 0.6) is 0 Å². The molecule has 0 radical (unpaired) electrons. The Labute approximate surface area is 136 Å². The number of benzene rings is 1. The maximum absolute atomic E-state index is 12.9. The van der Waals surface area contributed by atoms with Crippen molar-refractivity contribution in [3.63, 3.8) is 0 Å². The van der Waals surface area contributed by atoms with E-state index in [0.29, 0.717) is 34.1 Å². The van der Waals surface area contributed by atoms with Gasteiger partial charge in [-0.2, -0.15) is 0 Å². The number of ketones is 1. The first-order valence-corrected chi connectivity index (χ1v) is 8.82. The first-order valence-electron chi connectivity index (χ1n) is 8.07. The van der Waals surface area contributed by atoms with Crippen molar-refractivity contribution < 1.29 is 4.79 Å². The van der Waals surface area contributed by atoms with Crippen LogP contribution in [0.15, 0.2) is 18.2 Å². The summed E-state index contributed by atoms with van der Waals surface area (Å²) in [5.74, 6) is 3.79. The van der Waals surface area contributed by atoms with Crippen molar-refractivity contribution in [3.8, 4) is 0 Å². The number of carbonyl (C=O) groups is 1. The van der Waals surface area contributed by atoms with Gasteiger partial charge >= 0.3 is 0 Å². The molecule has 1 aromatic rings. The SMILES string of the molecule is O=C(Cc1cc(Cl)ccc1Cl)C1C2CC3CC(C2)CC1C3. The number of hydrogen-bond acceptors (Lipinski definition) is 1. The van der Waals surface area contributed by atoms with Gasteiger partial charge in [0.2, 0.25) is 0 Å². The second kappa shape index (κ2) is 5.28. The summed E-state index contributed by atoms with van der Waals surface area (Å²) < 4.78 is 0. The molecule has 0 saturated heterocycles. The second-order valence-electron chi connectivity index (χ2n) is 7.34. The molecule has 0 atom stereocenters. The van der Waals surface area contributed by atoms with Crippen LogP contribution >= 0.6 is 23.2 Å². The van der Waals surface area contributed by atoms with E-state index in [1.54, 1.807) is 12.1 Å². The minimum atomic E-state index is 0.285. The smallest absolute Gasteiger partial charge is 0.140 e. The number of Topliss-reactive ketones (excluding diaryl/α,β-unsaturated/α-hetero) is 1. The van der Waals surface area contributed by atoms with Crippen LogP contribution in [0.4, 0.5) is 0 Å². The van der Waals surface area contributed by atoms with Gasteiger partial charge in [0.1, 0.15) is 5.78 Å². The highest BCUT2D eigenvalue weighted by molar-refractivity contribution is 6.33. The Morgan fingerprint density at radius 2 is 1.62 bits per heavy atom. The quantitative estimate of drug-likeness (QED) is 0.749. The zero-order chi connectivity index (χ0) is 14.6. The Balaban J connectivity index is 1.54. The van der Waals surface area contributed by atoms with Gasteiger partial charge in [0.05, 0.1) is 0 Å². The Morgan fingerprint density at radius 1 is 1.00 bits per heavy atom. The summed E-state index contributed by atoms with van der Waals surface area (Å²) in [4.78, 5) is 12.9. The highest BCUT2D eigenvalue weighted by atomic mass is 35.5. The van der Waals surface area contributed by atoms with Gasteiger partial charge in [-0.05, 0) is 79.5 Å². The predicted molar refractivity (Wildman–Crippen MR) is 85.7 cm³/mol. The van der Waals surface area contributed by atoms with Crippen LogP contribution in [0.1, 0.15) is 37.7 Å². The minimum absolute atomic E-state index is 0.285. The molecule has 4 aliphatic rings. The van der Waals surface area contributed by atoms with E-state index < -0.39 is 0 Å². The van der Waals surface area contributed by atoms with Gasteiger partial charge in [-0.3, -0.25) is 4.79 Å². The first-order chi connectivity index (χ1) is 10.1. The molecule has 0 N–H and O–H groups in total. The van der Waals surface area contributed by atoms with Crippen molar-refractivity contribution in [2.24, 2.45) is 29.6 Å². The van der Waals surface area contributed by atoms with Crippen molar-refractivity contribution >= 4 is 29.0 Å². The average molecular weight is 323 g/mol. The van der Waals surface area contributed by atoms with Crippen LogP contribution in [0, 0.1) is 29.6 Å². The summed E-state index contributed by atoms with van der Waals surface area (Å²) >= 11 is 12.3. The van der Waals surface area contributed by atoms with Gasteiger partial charge in [0, 0.05) is 22.4 Å². The lowest BCUT2D eigenvalue weighted by Crippen LogP contribution is -2.48. The molecule has 4 aliphatic carbocycles. The van der Waals surface area contributed by atoms with E-state index in [0.717, 1.165) is 17.4 Å². The lowest BCUT2D eigenvalue weighted by atomic mass is 9.51. The second-order valence-corrected chi connectivity index (χ2v) is 8.18. The van der Waals surface area contributed by atoms with Crippen molar-refractivity contribution in [1.82, 2.24) is 0 Å². The van der Waals surface area contributed by atoms with E-state index in [-0.39, 0.29) is 5.92 Å². The molecule has 112 valence electrons. The fraction of sp³-hybridized carbons (Fsp3) is 0.611. The van der Waals surface area contributed by atoms with Crippen LogP contribution in [0.3, 0.4) is 0 Å². The minimum Gasteiger partial charge on any atom is -0.299 e. The summed E-state index contributed by atoms with van der Waals surface area (Å²) in [6.07, 6.45) is 7.01. The summed E-state index contributed by atoms with van der Waals surface area (Å²) in [5, 5.41) is 1.32. The van der Waals surface area contributed by atoms with E-state index in [9.17, 15) is 4.79 Å². The van der Waals surface area contributed by atoms with Crippen molar-refractivity contribution in [3.05, 3.63) is 33.8 Å². The topological polar surface area (TPSA) is 17.1 Å². The molecule has 3 heteroatoms. The zero-order valence-corrected chi connectivity index (χ0v) is 13.5. The van der Waals surface area contributed by atoms with Crippen LogP contribution in [-0.4, -0.2) is 5.78 Å². The molecule has 0 aliphatic heterocycles. The van der Waals surface area contributed by atoms with Gasteiger partial charge in [0.15, 0.2) is 0 Å². The van der Waals surface area contributed by atoms with Gasteiger partial charge in [-0.25, -0.2) is 0 Å². The van der Waals surface area contributed by atoms with E-state index >= 15 is 0 Å². The fourth-order valence-electron chi connectivity index (χ4n) is 5.44. The summed E-state index contributed by atoms with van der Waals surface area (Å²) in [6, 6.07) is 5.42. The molecule has 21 heavy (non-hydrogen) atoms. The third kappa shape index (κ3) is 2.53. The van der Waals surface area contributed by atoms with Gasteiger partial charge in [-0.15, -0.1) is 0 Å². The first kappa shape index (κ1) is 14.1. The van der Waals surface area contributed by atoms with Crippen molar-refractivity contribution in [2.45, 2.75) is 38.5 Å². The molecule has 0 unspecified atom stereocenters. The molecular weight excluding hydrogens is 303 g/mol. The lowest BCUT2D eigenvalue weighted by molar-refractivity contribution is -0.135. The third-order valence-electron chi connectivity index (χ3n) is 5.97. The number of halogens is 2. The fourth-order valence-corrected chi connectivity index (χ4v) is 5.81. The van der Waals surface area contributed by atoms with E-state index in [1.165, 1.54) is 32.1 Å². The number of hydrogen-bond donors (Lipinski definition) is 0. The molecule has 4 saturated carbocycles. The molecule has 0 heterocycles. The van der Waals surface area contributed by atoms with E-state index in [4.69, 9.17) is 23.2 Å². The predicted octanol–water partition coefficient (Wildman–Crippen LogP) is 5.18. The van der Waals surface area contributed by atoms with Crippen LogP contribution in [0.2, 0.25) is 10.0 Å². The molecule has 0 amide bonds. The van der Waals surface area contributed by atoms with Crippen LogP contribution in [-0.2, 0) is 11.2 Å².